The van der Waals surface area contributed by atoms with Crippen molar-refractivity contribution >= 4 is 5.97 Å². The van der Waals surface area contributed by atoms with Crippen molar-refractivity contribution in [3.63, 3.8) is 0 Å². The average Bonchev–Trinajstić information content (AvgIpc) is 2.19. The van der Waals surface area contributed by atoms with Gasteiger partial charge in [0, 0.05) is 6.42 Å². The van der Waals surface area contributed by atoms with E-state index < -0.39 is 5.97 Å². The van der Waals surface area contributed by atoms with Gasteiger partial charge in [0.1, 0.15) is 0 Å². The maximum Gasteiger partial charge on any atom is 0.303 e. The molecule has 0 aromatic rings. The summed E-state index contributed by atoms with van der Waals surface area (Å²) >= 11 is 0. The summed E-state index contributed by atoms with van der Waals surface area (Å²) in [6.07, 6.45) is 8.32. The van der Waals surface area contributed by atoms with Crippen LogP contribution in [-0.2, 0) is 4.79 Å². The molecule has 14 heavy (non-hydrogen) atoms. The van der Waals surface area contributed by atoms with Gasteiger partial charge < -0.3 is 10.8 Å². The van der Waals surface area contributed by atoms with E-state index in [1.54, 1.807) is 0 Å². The largest absolute Gasteiger partial charge is 0.481 e. The minimum Gasteiger partial charge on any atom is -0.481 e. The third-order valence-corrected chi connectivity index (χ3v) is 3.44. The van der Waals surface area contributed by atoms with Crippen LogP contribution in [0, 0.1) is 5.41 Å². The van der Waals surface area contributed by atoms with Gasteiger partial charge in [-0.05, 0) is 37.6 Å². The fraction of sp³-hybridized carbons (Fsp3) is 0.909. The Morgan fingerprint density at radius 3 is 2.43 bits per heavy atom. The van der Waals surface area contributed by atoms with Crippen LogP contribution in [0.1, 0.15) is 51.4 Å². The summed E-state index contributed by atoms with van der Waals surface area (Å²) in [5.41, 5.74) is 6.08. The fourth-order valence-corrected chi connectivity index (χ4v) is 2.47. The van der Waals surface area contributed by atoms with Crippen LogP contribution >= 0.6 is 0 Å². The van der Waals surface area contributed by atoms with Crippen molar-refractivity contribution in [1.29, 1.82) is 0 Å². The van der Waals surface area contributed by atoms with E-state index in [9.17, 15) is 4.79 Å². The SMILES string of the molecule is NCC1(CCCC(=O)O)CCCCC1. The summed E-state index contributed by atoms with van der Waals surface area (Å²) < 4.78 is 0. The van der Waals surface area contributed by atoms with Gasteiger partial charge in [-0.25, -0.2) is 0 Å². The Morgan fingerprint density at radius 1 is 1.29 bits per heavy atom. The van der Waals surface area contributed by atoms with Gasteiger partial charge in [0.25, 0.3) is 0 Å². The highest BCUT2D eigenvalue weighted by Crippen LogP contribution is 2.39. The van der Waals surface area contributed by atoms with E-state index in [1.165, 1.54) is 32.1 Å². The first-order chi connectivity index (χ1) is 6.68. The van der Waals surface area contributed by atoms with E-state index in [4.69, 9.17) is 10.8 Å². The zero-order valence-electron chi connectivity index (χ0n) is 8.80. The molecule has 0 saturated heterocycles. The molecular weight excluding hydrogens is 178 g/mol. The molecule has 1 fully saturated rings. The van der Waals surface area contributed by atoms with Crippen molar-refractivity contribution in [2.45, 2.75) is 51.4 Å². The van der Waals surface area contributed by atoms with E-state index in [-0.39, 0.29) is 5.41 Å². The summed E-state index contributed by atoms with van der Waals surface area (Å²) in [6.45, 7) is 0.729. The number of carboxylic acid groups (broad SMARTS) is 1. The predicted molar refractivity (Wildman–Crippen MR) is 56.1 cm³/mol. The van der Waals surface area contributed by atoms with Gasteiger partial charge in [0.2, 0.25) is 0 Å². The lowest BCUT2D eigenvalue weighted by atomic mass is 9.71. The van der Waals surface area contributed by atoms with Crippen LogP contribution < -0.4 is 5.73 Å². The third-order valence-electron chi connectivity index (χ3n) is 3.44. The van der Waals surface area contributed by atoms with Crippen molar-refractivity contribution < 1.29 is 9.90 Å². The Kier molecular flexibility index (Phi) is 4.39. The lowest BCUT2D eigenvalue weighted by Gasteiger charge is -2.36. The Labute approximate surface area is 85.7 Å². The molecular formula is C11H21NO2. The lowest BCUT2D eigenvalue weighted by Crippen LogP contribution is -2.32. The topological polar surface area (TPSA) is 63.3 Å². The zero-order chi connectivity index (χ0) is 10.4. The number of aliphatic carboxylic acids is 1. The van der Waals surface area contributed by atoms with Crippen molar-refractivity contribution in [1.82, 2.24) is 0 Å². The van der Waals surface area contributed by atoms with Crippen molar-refractivity contribution in [3.8, 4) is 0 Å². The summed E-state index contributed by atoms with van der Waals surface area (Å²) in [4.78, 5) is 10.4. The molecule has 1 rings (SSSR count). The average molecular weight is 199 g/mol. The molecule has 3 nitrogen and oxygen atoms in total. The number of carboxylic acids is 1. The van der Waals surface area contributed by atoms with Crippen LogP contribution in [0.4, 0.5) is 0 Å². The van der Waals surface area contributed by atoms with Gasteiger partial charge in [-0.1, -0.05) is 19.3 Å². The molecule has 1 saturated carbocycles. The van der Waals surface area contributed by atoms with Gasteiger partial charge in [0.05, 0.1) is 0 Å². The van der Waals surface area contributed by atoms with E-state index in [0.29, 0.717) is 6.42 Å². The Balaban J connectivity index is 2.32. The van der Waals surface area contributed by atoms with Crippen molar-refractivity contribution in [3.05, 3.63) is 0 Å². The quantitative estimate of drug-likeness (QED) is 0.713. The Bertz CT molecular complexity index is 186. The first kappa shape index (κ1) is 11.5. The molecule has 0 atom stereocenters. The molecule has 0 aliphatic heterocycles. The van der Waals surface area contributed by atoms with Crippen molar-refractivity contribution in [2.24, 2.45) is 11.1 Å². The highest BCUT2D eigenvalue weighted by Gasteiger charge is 2.29. The molecule has 0 radical (unpaired) electrons. The molecule has 0 heterocycles. The second-order valence-corrected chi connectivity index (χ2v) is 4.51. The van der Waals surface area contributed by atoms with Crippen LogP contribution in [0.25, 0.3) is 0 Å². The standard InChI is InChI=1S/C11H21NO2/c12-9-11(6-2-1-3-7-11)8-4-5-10(13)14/h1-9,12H2,(H,13,14). The zero-order valence-corrected chi connectivity index (χ0v) is 8.80. The van der Waals surface area contributed by atoms with Crippen LogP contribution in [0.2, 0.25) is 0 Å². The molecule has 0 unspecified atom stereocenters. The number of hydrogen-bond acceptors (Lipinski definition) is 2. The Morgan fingerprint density at radius 2 is 1.93 bits per heavy atom. The summed E-state index contributed by atoms with van der Waals surface area (Å²) in [5.74, 6) is -0.687. The highest BCUT2D eigenvalue weighted by molar-refractivity contribution is 5.66. The second kappa shape index (κ2) is 5.35. The monoisotopic (exact) mass is 199 g/mol. The van der Waals surface area contributed by atoms with Crippen LogP contribution in [0.5, 0.6) is 0 Å². The Hall–Kier alpha value is -0.570. The minimum atomic E-state index is -0.687. The first-order valence-electron chi connectivity index (χ1n) is 5.60. The van der Waals surface area contributed by atoms with E-state index >= 15 is 0 Å². The van der Waals surface area contributed by atoms with Crippen LogP contribution in [0.3, 0.4) is 0 Å². The normalized spacial score (nSPS) is 20.6. The van der Waals surface area contributed by atoms with Gasteiger partial charge in [-0.3, -0.25) is 4.79 Å². The summed E-state index contributed by atoms with van der Waals surface area (Å²) in [7, 11) is 0. The van der Waals surface area contributed by atoms with Crippen LogP contribution in [-0.4, -0.2) is 17.6 Å². The van der Waals surface area contributed by atoms with Crippen LogP contribution in [0.15, 0.2) is 0 Å². The second-order valence-electron chi connectivity index (χ2n) is 4.51. The molecule has 0 spiro atoms. The van der Waals surface area contributed by atoms with Gasteiger partial charge >= 0.3 is 5.97 Å². The van der Waals surface area contributed by atoms with Gasteiger partial charge in [-0.15, -0.1) is 0 Å². The summed E-state index contributed by atoms with van der Waals surface area (Å²) in [5, 5.41) is 8.57. The molecule has 1 aliphatic rings. The number of nitrogens with two attached hydrogens (primary N) is 1. The first-order valence-corrected chi connectivity index (χ1v) is 5.60. The minimum absolute atomic E-state index is 0.272. The maximum atomic E-state index is 10.4. The smallest absolute Gasteiger partial charge is 0.303 e. The predicted octanol–water partition coefficient (Wildman–Crippen LogP) is 2.15. The number of carbonyl (C=O) groups is 1. The summed E-state index contributed by atoms with van der Waals surface area (Å²) in [6, 6.07) is 0. The molecule has 0 amide bonds. The molecule has 82 valence electrons. The van der Waals surface area contributed by atoms with E-state index in [1.807, 2.05) is 0 Å². The molecule has 0 bridgehead atoms. The lowest BCUT2D eigenvalue weighted by molar-refractivity contribution is -0.137. The number of rotatable bonds is 5. The molecule has 3 N–H and O–H groups in total. The molecule has 3 heteroatoms. The van der Waals surface area contributed by atoms with E-state index in [0.717, 1.165) is 19.4 Å². The molecule has 1 aliphatic carbocycles. The van der Waals surface area contributed by atoms with E-state index in [2.05, 4.69) is 0 Å². The fourth-order valence-electron chi connectivity index (χ4n) is 2.47. The van der Waals surface area contributed by atoms with Gasteiger partial charge in [0.15, 0.2) is 0 Å². The molecule has 0 aromatic heterocycles. The maximum absolute atomic E-state index is 10.4. The number of hydrogen-bond donors (Lipinski definition) is 2. The van der Waals surface area contributed by atoms with Crippen molar-refractivity contribution in [2.75, 3.05) is 6.54 Å². The van der Waals surface area contributed by atoms with Gasteiger partial charge in [-0.2, -0.15) is 0 Å². The molecule has 0 aromatic carbocycles. The highest BCUT2D eigenvalue weighted by atomic mass is 16.4. The third kappa shape index (κ3) is 3.29.